The zero-order chi connectivity index (χ0) is 15.3. The summed E-state index contributed by atoms with van der Waals surface area (Å²) < 4.78 is 0. The molecule has 0 amide bonds. The van der Waals surface area contributed by atoms with Crippen molar-refractivity contribution in [3.05, 3.63) is 0 Å². The highest BCUT2D eigenvalue weighted by molar-refractivity contribution is 4.60. The van der Waals surface area contributed by atoms with Crippen LogP contribution in [0.1, 0.15) is 97.3 Å². The maximum atomic E-state index is 8.97. The molecule has 0 rings (SSSR count). The Balaban J connectivity index is 3.14. The molecule has 0 aromatic heterocycles. The number of aliphatic hydroxyl groups is 3. The van der Waals surface area contributed by atoms with Crippen molar-refractivity contribution in [3.8, 4) is 0 Å². The summed E-state index contributed by atoms with van der Waals surface area (Å²) in [6, 6.07) is 0. The van der Waals surface area contributed by atoms with E-state index in [-0.39, 0.29) is 0 Å². The molecule has 0 radical (unpaired) electrons. The smallest absolute Gasteiger partial charge is 0.277 e. The lowest BCUT2D eigenvalue weighted by Crippen LogP contribution is -2.35. The number of rotatable bonds is 14. The predicted octanol–water partition coefficient (Wildman–Crippen LogP) is 4.34. The van der Waals surface area contributed by atoms with Crippen LogP contribution in [0.5, 0.6) is 0 Å². The fraction of sp³-hybridized carbons (Fsp3) is 1.00. The Morgan fingerprint density at radius 1 is 0.650 bits per heavy atom. The van der Waals surface area contributed by atoms with Gasteiger partial charge >= 0.3 is 0 Å². The largest absolute Gasteiger partial charge is 0.343 e. The quantitative estimate of drug-likeness (QED) is 0.329. The molecule has 0 fully saturated rings. The second-order valence-electron chi connectivity index (χ2n) is 6.27. The molecule has 0 aromatic carbocycles. The van der Waals surface area contributed by atoms with Crippen LogP contribution in [-0.2, 0) is 0 Å². The van der Waals surface area contributed by atoms with Crippen LogP contribution in [-0.4, -0.2) is 21.3 Å². The summed E-state index contributed by atoms with van der Waals surface area (Å²) in [4.78, 5) is 0. The second kappa shape index (κ2) is 12.6. The van der Waals surface area contributed by atoms with Crippen molar-refractivity contribution in [2.75, 3.05) is 0 Å². The molecular weight excluding hydrogens is 252 g/mol. The first-order chi connectivity index (χ1) is 9.48. The lowest BCUT2D eigenvalue weighted by Gasteiger charge is -2.21. The van der Waals surface area contributed by atoms with Crippen molar-refractivity contribution in [2.24, 2.45) is 5.92 Å². The first-order valence-electron chi connectivity index (χ1n) is 8.65. The number of unbranched alkanes of at least 4 members (excludes halogenated alkanes) is 11. The Labute approximate surface area is 125 Å². The van der Waals surface area contributed by atoms with Gasteiger partial charge < -0.3 is 15.3 Å². The van der Waals surface area contributed by atoms with Gasteiger partial charge in [-0.3, -0.25) is 0 Å². The van der Waals surface area contributed by atoms with Crippen LogP contribution in [0.25, 0.3) is 0 Å². The van der Waals surface area contributed by atoms with Gasteiger partial charge in [0, 0.05) is 5.92 Å². The topological polar surface area (TPSA) is 60.7 Å². The molecule has 3 N–H and O–H groups in total. The average molecular weight is 288 g/mol. The summed E-state index contributed by atoms with van der Waals surface area (Å²) in [5.74, 6) is -2.97. The molecule has 3 nitrogen and oxygen atoms in total. The van der Waals surface area contributed by atoms with Crippen molar-refractivity contribution in [3.63, 3.8) is 0 Å². The Kier molecular flexibility index (Phi) is 12.5. The van der Waals surface area contributed by atoms with Crippen LogP contribution >= 0.6 is 0 Å². The third kappa shape index (κ3) is 12.9. The maximum absolute atomic E-state index is 8.97. The highest BCUT2D eigenvalue weighted by atomic mass is 16.7. The predicted molar refractivity (Wildman–Crippen MR) is 84.2 cm³/mol. The van der Waals surface area contributed by atoms with Crippen molar-refractivity contribution < 1.29 is 15.3 Å². The van der Waals surface area contributed by atoms with E-state index in [1.165, 1.54) is 64.2 Å². The second-order valence-corrected chi connectivity index (χ2v) is 6.27. The minimum atomic E-state index is -2.50. The summed E-state index contributed by atoms with van der Waals surface area (Å²) in [5, 5.41) is 26.9. The standard InChI is InChI=1S/C17H36O3/c1-3-4-5-6-7-8-9-10-11-12-13-14-15-16(2)17(18,19)20/h16,18-20H,3-15H2,1-2H3. The van der Waals surface area contributed by atoms with Gasteiger partial charge in [0.05, 0.1) is 0 Å². The monoisotopic (exact) mass is 288 g/mol. The zero-order valence-electron chi connectivity index (χ0n) is 13.6. The molecular formula is C17H36O3. The van der Waals surface area contributed by atoms with E-state index in [0.717, 1.165) is 12.8 Å². The Morgan fingerprint density at radius 2 is 1.00 bits per heavy atom. The van der Waals surface area contributed by atoms with Gasteiger partial charge in [-0.25, -0.2) is 0 Å². The summed E-state index contributed by atoms with van der Waals surface area (Å²) in [6.45, 7) is 3.92. The molecule has 0 bridgehead atoms. The lowest BCUT2D eigenvalue weighted by molar-refractivity contribution is -0.339. The highest BCUT2D eigenvalue weighted by Crippen LogP contribution is 2.19. The molecule has 0 aliphatic carbocycles. The van der Waals surface area contributed by atoms with E-state index in [1.807, 2.05) is 0 Å². The molecule has 1 atom stereocenters. The molecule has 0 saturated carbocycles. The highest BCUT2D eigenvalue weighted by Gasteiger charge is 2.26. The molecule has 0 aliphatic heterocycles. The first-order valence-corrected chi connectivity index (χ1v) is 8.65. The Hall–Kier alpha value is -0.120. The van der Waals surface area contributed by atoms with Crippen LogP contribution in [0.15, 0.2) is 0 Å². The van der Waals surface area contributed by atoms with Crippen LogP contribution in [0, 0.1) is 5.92 Å². The molecule has 0 spiro atoms. The van der Waals surface area contributed by atoms with E-state index in [1.54, 1.807) is 6.92 Å². The van der Waals surface area contributed by atoms with Crippen LogP contribution in [0.2, 0.25) is 0 Å². The molecule has 0 saturated heterocycles. The van der Waals surface area contributed by atoms with Gasteiger partial charge in [-0.2, -0.15) is 0 Å². The van der Waals surface area contributed by atoms with Gasteiger partial charge in [0.1, 0.15) is 0 Å². The minimum Gasteiger partial charge on any atom is -0.343 e. The van der Waals surface area contributed by atoms with Gasteiger partial charge in [-0.15, -0.1) is 0 Å². The van der Waals surface area contributed by atoms with Crippen molar-refractivity contribution in [2.45, 2.75) is 103 Å². The van der Waals surface area contributed by atoms with Gasteiger partial charge in [0.25, 0.3) is 5.97 Å². The lowest BCUT2D eigenvalue weighted by atomic mass is 9.99. The molecule has 20 heavy (non-hydrogen) atoms. The fourth-order valence-electron chi connectivity index (χ4n) is 2.49. The molecule has 0 aliphatic rings. The average Bonchev–Trinajstić information content (AvgIpc) is 2.38. The minimum absolute atomic E-state index is 0.467. The summed E-state index contributed by atoms with van der Waals surface area (Å²) in [6.07, 6.45) is 16.2. The van der Waals surface area contributed by atoms with E-state index in [0.29, 0.717) is 6.42 Å². The van der Waals surface area contributed by atoms with E-state index < -0.39 is 11.9 Å². The molecule has 0 heterocycles. The van der Waals surface area contributed by atoms with Gasteiger partial charge in [-0.1, -0.05) is 90.9 Å². The third-order valence-corrected chi connectivity index (χ3v) is 4.15. The maximum Gasteiger partial charge on any atom is 0.277 e. The molecule has 122 valence electrons. The third-order valence-electron chi connectivity index (χ3n) is 4.15. The van der Waals surface area contributed by atoms with Crippen LogP contribution in [0.4, 0.5) is 0 Å². The number of hydrogen-bond acceptors (Lipinski definition) is 3. The molecule has 3 heteroatoms. The first kappa shape index (κ1) is 19.9. The van der Waals surface area contributed by atoms with Gasteiger partial charge in [0.15, 0.2) is 0 Å². The Bertz CT molecular complexity index is 199. The van der Waals surface area contributed by atoms with Gasteiger partial charge in [-0.05, 0) is 6.42 Å². The van der Waals surface area contributed by atoms with E-state index in [9.17, 15) is 0 Å². The van der Waals surface area contributed by atoms with Crippen molar-refractivity contribution in [1.82, 2.24) is 0 Å². The van der Waals surface area contributed by atoms with E-state index in [2.05, 4.69) is 6.92 Å². The Morgan fingerprint density at radius 3 is 1.35 bits per heavy atom. The normalized spacial score (nSPS) is 13.7. The van der Waals surface area contributed by atoms with Crippen molar-refractivity contribution >= 4 is 0 Å². The summed E-state index contributed by atoms with van der Waals surface area (Å²) in [5.41, 5.74) is 0. The number of hydrogen-bond donors (Lipinski definition) is 3. The summed E-state index contributed by atoms with van der Waals surface area (Å²) in [7, 11) is 0. The SMILES string of the molecule is CCCCCCCCCCCCCCC(C)C(O)(O)O. The van der Waals surface area contributed by atoms with Crippen molar-refractivity contribution in [1.29, 1.82) is 0 Å². The fourth-order valence-corrected chi connectivity index (χ4v) is 2.49. The van der Waals surface area contributed by atoms with Crippen LogP contribution < -0.4 is 0 Å². The van der Waals surface area contributed by atoms with Gasteiger partial charge in [0.2, 0.25) is 0 Å². The summed E-state index contributed by atoms with van der Waals surface area (Å²) >= 11 is 0. The van der Waals surface area contributed by atoms with E-state index >= 15 is 0 Å². The van der Waals surface area contributed by atoms with Crippen LogP contribution in [0.3, 0.4) is 0 Å². The molecule has 1 unspecified atom stereocenters. The molecule has 0 aromatic rings. The van der Waals surface area contributed by atoms with E-state index in [4.69, 9.17) is 15.3 Å². The zero-order valence-corrected chi connectivity index (χ0v) is 13.6.